The van der Waals surface area contributed by atoms with Gasteiger partial charge in [0.1, 0.15) is 9.84 Å². The Bertz CT molecular complexity index is 553. The number of nitrogens with one attached hydrogen (secondary N) is 2. The number of hydrogen-bond donors (Lipinski definition) is 3. The first-order valence-electron chi connectivity index (χ1n) is 6.28. The second-order valence-electron chi connectivity index (χ2n) is 5.00. The number of sulfone groups is 1. The van der Waals surface area contributed by atoms with E-state index < -0.39 is 21.9 Å². The van der Waals surface area contributed by atoms with Crippen molar-refractivity contribution in [3.63, 3.8) is 0 Å². The normalized spacial score (nSPS) is 14.4. The molecule has 0 aliphatic carbocycles. The maximum atomic E-state index is 11.7. The Hall–Kier alpha value is -1.60. The van der Waals surface area contributed by atoms with E-state index in [-0.39, 0.29) is 11.8 Å². The molecule has 1 aromatic rings. The van der Waals surface area contributed by atoms with Gasteiger partial charge in [0.15, 0.2) is 0 Å². The SMILES string of the molecule is CC(CS(C)(=O)=O)NC(=O)Nc1ccc(C(C)N)cc1. The predicted molar refractivity (Wildman–Crippen MR) is 80.4 cm³/mol. The van der Waals surface area contributed by atoms with Gasteiger partial charge in [-0.1, -0.05) is 12.1 Å². The summed E-state index contributed by atoms with van der Waals surface area (Å²) in [5, 5.41) is 5.21. The second-order valence-corrected chi connectivity index (χ2v) is 7.19. The summed E-state index contributed by atoms with van der Waals surface area (Å²) in [4.78, 5) is 11.7. The minimum atomic E-state index is -3.11. The first-order valence-corrected chi connectivity index (χ1v) is 8.34. The molecule has 0 aliphatic rings. The number of carbonyl (C=O) groups excluding carboxylic acids is 1. The van der Waals surface area contributed by atoms with Gasteiger partial charge < -0.3 is 16.4 Å². The van der Waals surface area contributed by atoms with Crippen LogP contribution < -0.4 is 16.4 Å². The first-order chi connectivity index (χ1) is 9.17. The second kappa shape index (κ2) is 6.71. The lowest BCUT2D eigenvalue weighted by Gasteiger charge is -2.14. The maximum Gasteiger partial charge on any atom is 0.319 e. The molecule has 7 heteroatoms. The Kier molecular flexibility index (Phi) is 5.52. The van der Waals surface area contributed by atoms with Crippen molar-refractivity contribution in [2.45, 2.75) is 25.9 Å². The fourth-order valence-electron chi connectivity index (χ4n) is 1.76. The van der Waals surface area contributed by atoms with Gasteiger partial charge in [-0.25, -0.2) is 13.2 Å². The van der Waals surface area contributed by atoms with Crippen LogP contribution >= 0.6 is 0 Å². The highest BCUT2D eigenvalue weighted by Gasteiger charge is 2.13. The highest BCUT2D eigenvalue weighted by atomic mass is 32.2. The summed E-state index contributed by atoms with van der Waals surface area (Å²) in [6.07, 6.45) is 1.13. The van der Waals surface area contributed by atoms with Gasteiger partial charge in [-0.05, 0) is 31.5 Å². The number of anilines is 1. The van der Waals surface area contributed by atoms with Gasteiger partial charge in [0, 0.05) is 24.0 Å². The zero-order valence-corrected chi connectivity index (χ0v) is 12.7. The summed E-state index contributed by atoms with van der Waals surface area (Å²) in [6, 6.07) is 6.22. The summed E-state index contributed by atoms with van der Waals surface area (Å²) >= 11 is 0. The first kappa shape index (κ1) is 16.5. The zero-order chi connectivity index (χ0) is 15.3. The highest BCUT2D eigenvalue weighted by Crippen LogP contribution is 2.13. The third-order valence-corrected chi connectivity index (χ3v) is 3.73. The van der Waals surface area contributed by atoms with Crippen molar-refractivity contribution in [1.82, 2.24) is 5.32 Å². The summed E-state index contributed by atoms with van der Waals surface area (Å²) in [5.41, 5.74) is 7.33. The van der Waals surface area contributed by atoms with Crippen molar-refractivity contribution in [1.29, 1.82) is 0 Å². The number of hydrogen-bond acceptors (Lipinski definition) is 4. The van der Waals surface area contributed by atoms with E-state index in [0.717, 1.165) is 11.8 Å². The molecule has 2 atom stereocenters. The smallest absolute Gasteiger partial charge is 0.319 e. The largest absolute Gasteiger partial charge is 0.334 e. The van der Waals surface area contributed by atoms with E-state index in [1.807, 2.05) is 19.1 Å². The zero-order valence-electron chi connectivity index (χ0n) is 11.9. The van der Waals surface area contributed by atoms with Crippen molar-refractivity contribution in [3.05, 3.63) is 29.8 Å². The number of amides is 2. The number of nitrogens with two attached hydrogens (primary N) is 1. The van der Waals surface area contributed by atoms with Gasteiger partial charge in [-0.2, -0.15) is 0 Å². The molecule has 112 valence electrons. The molecule has 2 unspecified atom stereocenters. The van der Waals surface area contributed by atoms with E-state index in [1.165, 1.54) is 0 Å². The van der Waals surface area contributed by atoms with Crippen LogP contribution in [0.25, 0.3) is 0 Å². The molecule has 6 nitrogen and oxygen atoms in total. The van der Waals surface area contributed by atoms with Crippen LogP contribution in [0.15, 0.2) is 24.3 Å². The minimum Gasteiger partial charge on any atom is -0.334 e. The standard InChI is InChI=1S/C13H21N3O3S/c1-9(8-20(3,18)19)15-13(17)16-12-6-4-11(5-7-12)10(2)14/h4-7,9-10H,8,14H2,1-3H3,(H2,15,16,17). The molecule has 1 rings (SSSR count). The lowest BCUT2D eigenvalue weighted by atomic mass is 10.1. The monoisotopic (exact) mass is 299 g/mol. The van der Waals surface area contributed by atoms with E-state index in [2.05, 4.69) is 10.6 Å². The molecule has 1 aromatic carbocycles. The molecule has 0 saturated heterocycles. The molecule has 0 bridgehead atoms. The number of benzene rings is 1. The average molecular weight is 299 g/mol. The van der Waals surface area contributed by atoms with Gasteiger partial charge in [0.25, 0.3) is 0 Å². The van der Waals surface area contributed by atoms with E-state index in [9.17, 15) is 13.2 Å². The van der Waals surface area contributed by atoms with Gasteiger partial charge in [0.05, 0.1) is 5.75 Å². The molecule has 0 aliphatic heterocycles. The molecule has 4 N–H and O–H groups in total. The summed E-state index contributed by atoms with van der Waals surface area (Å²) in [6.45, 7) is 3.52. The van der Waals surface area contributed by atoms with Crippen molar-refractivity contribution in [2.24, 2.45) is 5.73 Å². The van der Waals surface area contributed by atoms with Crippen molar-refractivity contribution in [2.75, 3.05) is 17.3 Å². The Morgan fingerprint density at radius 3 is 2.25 bits per heavy atom. The Balaban J connectivity index is 2.54. The lowest BCUT2D eigenvalue weighted by molar-refractivity contribution is 0.250. The van der Waals surface area contributed by atoms with Crippen molar-refractivity contribution in [3.8, 4) is 0 Å². The van der Waals surface area contributed by atoms with E-state index in [4.69, 9.17) is 5.73 Å². The molecular formula is C13H21N3O3S. The number of urea groups is 1. The van der Waals surface area contributed by atoms with Gasteiger partial charge in [0.2, 0.25) is 0 Å². The Labute approximate surface area is 119 Å². The molecular weight excluding hydrogens is 278 g/mol. The highest BCUT2D eigenvalue weighted by molar-refractivity contribution is 7.90. The summed E-state index contributed by atoms with van der Waals surface area (Å²) < 4.78 is 22.2. The molecule has 20 heavy (non-hydrogen) atoms. The Morgan fingerprint density at radius 2 is 1.80 bits per heavy atom. The molecule has 0 heterocycles. The molecule has 0 spiro atoms. The topological polar surface area (TPSA) is 101 Å². The Morgan fingerprint density at radius 1 is 1.25 bits per heavy atom. The van der Waals surface area contributed by atoms with E-state index in [1.54, 1.807) is 19.1 Å². The van der Waals surface area contributed by atoms with Crippen LogP contribution in [-0.4, -0.2) is 32.5 Å². The molecule has 0 aromatic heterocycles. The number of rotatable bonds is 5. The molecule has 0 radical (unpaired) electrons. The maximum absolute atomic E-state index is 11.7. The van der Waals surface area contributed by atoms with Crippen LogP contribution in [0.5, 0.6) is 0 Å². The summed E-state index contributed by atoms with van der Waals surface area (Å²) in [7, 11) is -3.11. The fraction of sp³-hybridized carbons (Fsp3) is 0.462. The average Bonchev–Trinajstić information content (AvgIpc) is 2.26. The third kappa shape index (κ3) is 6.03. The molecule has 2 amide bonds. The molecule has 0 fully saturated rings. The minimum absolute atomic E-state index is 0.0624. The van der Waals surface area contributed by atoms with E-state index >= 15 is 0 Å². The van der Waals surface area contributed by atoms with Crippen LogP contribution in [0, 0.1) is 0 Å². The van der Waals surface area contributed by atoms with Crippen LogP contribution in [0.1, 0.15) is 25.5 Å². The van der Waals surface area contributed by atoms with E-state index in [0.29, 0.717) is 5.69 Å². The van der Waals surface area contributed by atoms with Gasteiger partial charge >= 0.3 is 6.03 Å². The predicted octanol–water partition coefficient (Wildman–Crippen LogP) is 1.26. The number of carbonyl (C=O) groups is 1. The van der Waals surface area contributed by atoms with Crippen molar-refractivity contribution >= 4 is 21.6 Å². The lowest BCUT2D eigenvalue weighted by Crippen LogP contribution is -2.39. The van der Waals surface area contributed by atoms with Crippen LogP contribution in [0.2, 0.25) is 0 Å². The summed E-state index contributed by atoms with van der Waals surface area (Å²) in [5.74, 6) is -0.0932. The van der Waals surface area contributed by atoms with Crippen LogP contribution in [0.4, 0.5) is 10.5 Å². The van der Waals surface area contributed by atoms with Crippen LogP contribution in [0.3, 0.4) is 0 Å². The third-order valence-electron chi connectivity index (χ3n) is 2.62. The van der Waals surface area contributed by atoms with Crippen molar-refractivity contribution < 1.29 is 13.2 Å². The van der Waals surface area contributed by atoms with Gasteiger partial charge in [-0.3, -0.25) is 0 Å². The molecule has 0 saturated carbocycles. The fourth-order valence-corrected chi connectivity index (χ4v) is 2.75. The van der Waals surface area contributed by atoms with Crippen LogP contribution in [-0.2, 0) is 9.84 Å². The quantitative estimate of drug-likeness (QED) is 0.761. The van der Waals surface area contributed by atoms with Gasteiger partial charge in [-0.15, -0.1) is 0 Å².